The Morgan fingerprint density at radius 1 is 1.20 bits per heavy atom. The molecule has 0 amide bonds. The summed E-state index contributed by atoms with van der Waals surface area (Å²) in [4.78, 5) is 0. The summed E-state index contributed by atoms with van der Waals surface area (Å²) in [6.07, 6.45) is 6.74. The minimum absolute atomic E-state index is 0.430. The Bertz CT molecular complexity index is 221. The van der Waals surface area contributed by atoms with E-state index in [9.17, 15) is 10.4 Å². The zero-order chi connectivity index (χ0) is 11.3. The predicted octanol–water partition coefficient (Wildman–Crippen LogP) is 3.26. The van der Waals surface area contributed by atoms with Gasteiger partial charge in [-0.05, 0) is 25.2 Å². The van der Waals surface area contributed by atoms with E-state index in [-0.39, 0.29) is 0 Å². The normalized spacial score (nSPS) is 23.1. The third-order valence-corrected chi connectivity index (χ3v) is 3.55. The SMILES string of the molecule is CC(C)CC(O)C1(C#N)CCCCCC1. The van der Waals surface area contributed by atoms with Gasteiger partial charge >= 0.3 is 0 Å². The molecule has 0 saturated heterocycles. The number of aliphatic hydroxyl groups excluding tert-OH is 1. The summed E-state index contributed by atoms with van der Waals surface area (Å²) in [5, 5.41) is 19.5. The molecular formula is C13H23NO. The van der Waals surface area contributed by atoms with E-state index in [1.54, 1.807) is 0 Å². The highest BCUT2D eigenvalue weighted by molar-refractivity contribution is 5.04. The molecule has 2 heteroatoms. The second kappa shape index (κ2) is 5.51. The van der Waals surface area contributed by atoms with Crippen LogP contribution in [0.2, 0.25) is 0 Å². The first kappa shape index (κ1) is 12.5. The van der Waals surface area contributed by atoms with E-state index >= 15 is 0 Å². The first-order valence-corrected chi connectivity index (χ1v) is 6.20. The lowest BCUT2D eigenvalue weighted by Gasteiger charge is -2.31. The largest absolute Gasteiger partial charge is 0.391 e. The lowest BCUT2D eigenvalue weighted by atomic mass is 9.74. The topological polar surface area (TPSA) is 44.0 Å². The number of nitrogens with zero attached hydrogens (tertiary/aromatic N) is 1. The molecule has 1 N–H and O–H groups in total. The van der Waals surface area contributed by atoms with Gasteiger partial charge in [0.2, 0.25) is 0 Å². The van der Waals surface area contributed by atoms with E-state index < -0.39 is 11.5 Å². The van der Waals surface area contributed by atoms with Crippen molar-refractivity contribution in [2.24, 2.45) is 11.3 Å². The minimum atomic E-state index is -0.444. The summed E-state index contributed by atoms with van der Waals surface area (Å²) in [5.41, 5.74) is -0.444. The number of rotatable bonds is 3. The molecule has 1 rings (SSSR count). The average molecular weight is 209 g/mol. The first-order chi connectivity index (χ1) is 7.10. The molecule has 1 atom stereocenters. The van der Waals surface area contributed by atoms with E-state index in [0.29, 0.717) is 5.92 Å². The van der Waals surface area contributed by atoms with Gasteiger partial charge in [0.15, 0.2) is 0 Å². The first-order valence-electron chi connectivity index (χ1n) is 6.20. The third-order valence-electron chi connectivity index (χ3n) is 3.55. The Kier molecular flexibility index (Phi) is 4.60. The molecule has 15 heavy (non-hydrogen) atoms. The summed E-state index contributed by atoms with van der Waals surface area (Å²) in [7, 11) is 0. The van der Waals surface area contributed by atoms with Crippen molar-refractivity contribution in [2.75, 3.05) is 0 Å². The molecule has 0 heterocycles. The van der Waals surface area contributed by atoms with E-state index in [2.05, 4.69) is 19.9 Å². The number of nitriles is 1. The zero-order valence-corrected chi connectivity index (χ0v) is 10.00. The van der Waals surface area contributed by atoms with Crippen LogP contribution in [-0.2, 0) is 0 Å². The Balaban J connectivity index is 2.69. The minimum Gasteiger partial charge on any atom is -0.391 e. The number of aliphatic hydroxyl groups is 1. The molecule has 0 bridgehead atoms. The van der Waals surface area contributed by atoms with Gasteiger partial charge in [-0.15, -0.1) is 0 Å². The molecule has 0 aromatic rings. The summed E-state index contributed by atoms with van der Waals surface area (Å²) >= 11 is 0. The smallest absolute Gasteiger partial charge is 0.0832 e. The fourth-order valence-electron chi connectivity index (χ4n) is 2.55. The quantitative estimate of drug-likeness (QED) is 0.725. The van der Waals surface area contributed by atoms with Gasteiger partial charge in [-0.1, -0.05) is 39.5 Å². The van der Waals surface area contributed by atoms with Crippen molar-refractivity contribution < 1.29 is 5.11 Å². The maximum Gasteiger partial charge on any atom is 0.0832 e. The van der Waals surface area contributed by atoms with Gasteiger partial charge in [-0.2, -0.15) is 5.26 Å². The van der Waals surface area contributed by atoms with Crippen molar-refractivity contribution >= 4 is 0 Å². The molecule has 0 aromatic heterocycles. The van der Waals surface area contributed by atoms with Gasteiger partial charge in [0.25, 0.3) is 0 Å². The van der Waals surface area contributed by atoms with Crippen LogP contribution in [-0.4, -0.2) is 11.2 Å². The molecule has 1 aliphatic carbocycles. The fraction of sp³-hybridized carbons (Fsp3) is 0.923. The Morgan fingerprint density at radius 3 is 2.13 bits per heavy atom. The highest BCUT2D eigenvalue weighted by Crippen LogP contribution is 2.39. The van der Waals surface area contributed by atoms with Crippen LogP contribution in [0.15, 0.2) is 0 Å². The molecule has 1 aliphatic rings. The predicted molar refractivity (Wildman–Crippen MR) is 61.2 cm³/mol. The highest BCUT2D eigenvalue weighted by Gasteiger charge is 2.38. The van der Waals surface area contributed by atoms with Crippen LogP contribution in [0.4, 0.5) is 0 Å². The molecule has 1 unspecified atom stereocenters. The summed E-state index contributed by atoms with van der Waals surface area (Å²) < 4.78 is 0. The standard InChI is InChI=1S/C13H23NO/c1-11(2)9-12(15)13(10-14)7-5-3-4-6-8-13/h11-12,15H,3-9H2,1-2H3. The Hall–Kier alpha value is -0.550. The van der Waals surface area contributed by atoms with Crippen LogP contribution in [0.3, 0.4) is 0 Å². The molecule has 0 radical (unpaired) electrons. The summed E-state index contributed by atoms with van der Waals surface area (Å²) in [6, 6.07) is 2.41. The maximum atomic E-state index is 10.2. The summed E-state index contributed by atoms with van der Waals surface area (Å²) in [6.45, 7) is 4.20. The molecule has 1 saturated carbocycles. The van der Waals surface area contributed by atoms with Crippen LogP contribution in [0.1, 0.15) is 58.8 Å². The van der Waals surface area contributed by atoms with Gasteiger partial charge in [-0.3, -0.25) is 0 Å². The lowest BCUT2D eigenvalue weighted by molar-refractivity contribution is 0.0357. The van der Waals surface area contributed by atoms with Crippen LogP contribution in [0, 0.1) is 22.7 Å². The molecular weight excluding hydrogens is 186 g/mol. The van der Waals surface area contributed by atoms with Crippen LogP contribution < -0.4 is 0 Å². The average Bonchev–Trinajstić information content (AvgIpc) is 2.42. The molecule has 0 aliphatic heterocycles. The van der Waals surface area contributed by atoms with Crippen LogP contribution in [0.5, 0.6) is 0 Å². The van der Waals surface area contributed by atoms with Crippen molar-refractivity contribution in [3.05, 3.63) is 0 Å². The van der Waals surface area contributed by atoms with Gasteiger partial charge in [0.05, 0.1) is 17.6 Å². The number of hydrogen-bond donors (Lipinski definition) is 1. The van der Waals surface area contributed by atoms with Gasteiger partial charge < -0.3 is 5.11 Å². The van der Waals surface area contributed by atoms with Crippen molar-refractivity contribution in [3.8, 4) is 6.07 Å². The van der Waals surface area contributed by atoms with Crippen LogP contribution >= 0.6 is 0 Å². The van der Waals surface area contributed by atoms with E-state index in [4.69, 9.17) is 0 Å². The summed E-state index contributed by atoms with van der Waals surface area (Å²) in [5.74, 6) is 0.466. The fourth-order valence-corrected chi connectivity index (χ4v) is 2.55. The monoisotopic (exact) mass is 209 g/mol. The maximum absolute atomic E-state index is 10.2. The molecule has 1 fully saturated rings. The Morgan fingerprint density at radius 2 is 1.73 bits per heavy atom. The second-order valence-electron chi connectivity index (χ2n) is 5.33. The lowest BCUT2D eigenvalue weighted by Crippen LogP contribution is -2.34. The van der Waals surface area contributed by atoms with E-state index in [1.807, 2.05) is 0 Å². The molecule has 0 spiro atoms. The highest BCUT2D eigenvalue weighted by atomic mass is 16.3. The van der Waals surface area contributed by atoms with Crippen molar-refractivity contribution in [1.82, 2.24) is 0 Å². The molecule has 2 nitrogen and oxygen atoms in total. The molecule has 0 aromatic carbocycles. The van der Waals surface area contributed by atoms with Gasteiger partial charge in [0, 0.05) is 0 Å². The van der Waals surface area contributed by atoms with Gasteiger partial charge in [-0.25, -0.2) is 0 Å². The van der Waals surface area contributed by atoms with Crippen molar-refractivity contribution in [2.45, 2.75) is 64.9 Å². The van der Waals surface area contributed by atoms with E-state index in [1.165, 1.54) is 12.8 Å². The number of hydrogen-bond acceptors (Lipinski definition) is 2. The van der Waals surface area contributed by atoms with Gasteiger partial charge in [0.1, 0.15) is 0 Å². The zero-order valence-electron chi connectivity index (χ0n) is 10.00. The van der Waals surface area contributed by atoms with E-state index in [0.717, 1.165) is 32.1 Å². The third kappa shape index (κ3) is 3.21. The van der Waals surface area contributed by atoms with Crippen molar-refractivity contribution in [3.63, 3.8) is 0 Å². The van der Waals surface area contributed by atoms with Crippen molar-refractivity contribution in [1.29, 1.82) is 5.26 Å². The Labute approximate surface area is 93.3 Å². The van der Waals surface area contributed by atoms with Crippen LogP contribution in [0.25, 0.3) is 0 Å². The second-order valence-corrected chi connectivity index (χ2v) is 5.33. The molecule has 86 valence electrons.